The molecule has 1 amide bonds. The molecule has 90 valence electrons. The highest BCUT2D eigenvalue weighted by atomic mass is 35.5. The third-order valence-corrected chi connectivity index (χ3v) is 2.78. The van der Waals surface area contributed by atoms with Crippen LogP contribution in [0.2, 0.25) is 5.02 Å². The predicted molar refractivity (Wildman–Crippen MR) is 70.8 cm³/mol. The molecule has 0 aliphatic rings. The highest BCUT2D eigenvalue weighted by Gasteiger charge is 2.06. The second-order valence-corrected chi connectivity index (χ2v) is 4.27. The second kappa shape index (κ2) is 5.02. The van der Waals surface area contributed by atoms with Gasteiger partial charge in [0.25, 0.3) is 0 Å². The average molecular weight is 260 g/mol. The fraction of sp³-hybridized carbons (Fsp3) is 0. The van der Waals surface area contributed by atoms with Crippen molar-refractivity contribution in [2.75, 3.05) is 0 Å². The van der Waals surface area contributed by atoms with Crippen molar-refractivity contribution in [3.05, 3.63) is 58.6 Å². The lowest BCUT2D eigenvalue weighted by Crippen LogP contribution is -2.10. The third kappa shape index (κ3) is 2.57. The molecule has 3 nitrogen and oxygen atoms in total. The maximum atomic E-state index is 11.2. The molecule has 0 atom stereocenters. The monoisotopic (exact) mass is 259 g/mol. The topological polar surface area (TPSA) is 60.2 Å². The summed E-state index contributed by atoms with van der Waals surface area (Å²) in [6.07, 6.45) is 0.774. The minimum Gasteiger partial charge on any atom is -0.366 e. The molecule has 0 fully saturated rings. The van der Waals surface area contributed by atoms with Crippen LogP contribution in [0.15, 0.2) is 42.5 Å². The predicted octanol–water partition coefficient (Wildman–Crippen LogP) is 2.92. The van der Waals surface area contributed by atoms with Crippen molar-refractivity contribution >= 4 is 23.8 Å². The van der Waals surface area contributed by atoms with E-state index >= 15 is 0 Å². The van der Waals surface area contributed by atoms with Crippen molar-refractivity contribution in [2.45, 2.75) is 0 Å². The molecule has 2 N–H and O–H groups in total. The summed E-state index contributed by atoms with van der Waals surface area (Å²) in [6.45, 7) is 0. The van der Waals surface area contributed by atoms with Gasteiger partial charge in [-0.1, -0.05) is 35.9 Å². The lowest BCUT2D eigenvalue weighted by molar-refractivity contribution is 0.1000. The van der Waals surface area contributed by atoms with E-state index in [2.05, 4.69) is 0 Å². The van der Waals surface area contributed by atoms with Gasteiger partial charge >= 0.3 is 0 Å². The molecule has 0 heterocycles. The number of halogens is 1. The summed E-state index contributed by atoms with van der Waals surface area (Å²) < 4.78 is 0. The van der Waals surface area contributed by atoms with E-state index in [-0.39, 0.29) is 0 Å². The van der Waals surface area contributed by atoms with Gasteiger partial charge in [-0.3, -0.25) is 9.59 Å². The molecule has 0 saturated carbocycles. The highest BCUT2D eigenvalue weighted by Crippen LogP contribution is 2.25. The minimum absolute atomic E-state index is 0.358. The van der Waals surface area contributed by atoms with Crippen molar-refractivity contribution in [1.29, 1.82) is 0 Å². The van der Waals surface area contributed by atoms with E-state index in [0.717, 1.165) is 17.4 Å². The Labute approximate surface area is 109 Å². The third-order valence-electron chi connectivity index (χ3n) is 2.56. The first-order valence-electron chi connectivity index (χ1n) is 5.26. The summed E-state index contributed by atoms with van der Waals surface area (Å²) >= 11 is 5.94. The van der Waals surface area contributed by atoms with Gasteiger partial charge in [0.15, 0.2) is 0 Å². The Morgan fingerprint density at radius 3 is 2.28 bits per heavy atom. The lowest BCUT2D eigenvalue weighted by atomic mass is 10.0. The zero-order valence-electron chi connectivity index (χ0n) is 9.39. The second-order valence-electron chi connectivity index (χ2n) is 3.83. The van der Waals surface area contributed by atoms with Crippen LogP contribution in [0.5, 0.6) is 0 Å². The van der Waals surface area contributed by atoms with Gasteiger partial charge < -0.3 is 5.73 Å². The van der Waals surface area contributed by atoms with Gasteiger partial charge in [0.05, 0.1) is 0 Å². The standard InChI is InChI=1S/C14H10ClNO2/c15-13-6-11(5-12(7-13)14(16)18)10-3-1-9(8-17)2-4-10/h1-8H,(H2,16,18). The van der Waals surface area contributed by atoms with E-state index in [1.54, 1.807) is 36.4 Å². The number of aldehydes is 1. The number of hydrogen-bond acceptors (Lipinski definition) is 2. The quantitative estimate of drug-likeness (QED) is 0.862. The van der Waals surface area contributed by atoms with Gasteiger partial charge in [-0.15, -0.1) is 0 Å². The number of primary amides is 1. The van der Waals surface area contributed by atoms with Crippen molar-refractivity contribution in [2.24, 2.45) is 5.73 Å². The molecule has 0 aliphatic heterocycles. The molecule has 0 aromatic heterocycles. The number of rotatable bonds is 3. The van der Waals surface area contributed by atoms with Crippen LogP contribution in [-0.2, 0) is 0 Å². The number of benzene rings is 2. The summed E-state index contributed by atoms with van der Waals surface area (Å²) in [5.74, 6) is -0.525. The van der Waals surface area contributed by atoms with Gasteiger partial charge in [-0.2, -0.15) is 0 Å². The van der Waals surface area contributed by atoms with Crippen LogP contribution >= 0.6 is 11.6 Å². The molecule has 0 radical (unpaired) electrons. The first kappa shape index (κ1) is 12.3. The minimum atomic E-state index is -0.525. The SMILES string of the molecule is NC(=O)c1cc(Cl)cc(-c2ccc(C=O)cc2)c1. The molecule has 0 spiro atoms. The van der Waals surface area contributed by atoms with Crippen LogP contribution in [-0.4, -0.2) is 12.2 Å². The Hall–Kier alpha value is -2.13. The summed E-state index contributed by atoms with van der Waals surface area (Å²) in [5, 5.41) is 0.445. The fourth-order valence-corrected chi connectivity index (χ4v) is 1.89. The van der Waals surface area contributed by atoms with Crippen LogP contribution in [0.1, 0.15) is 20.7 Å². The Morgan fingerprint density at radius 1 is 1.06 bits per heavy atom. The summed E-state index contributed by atoms with van der Waals surface area (Å²) in [6, 6.07) is 11.9. The Morgan fingerprint density at radius 2 is 1.72 bits per heavy atom. The van der Waals surface area contributed by atoms with E-state index in [0.29, 0.717) is 16.1 Å². The van der Waals surface area contributed by atoms with Crippen molar-refractivity contribution in [1.82, 2.24) is 0 Å². The van der Waals surface area contributed by atoms with Crippen molar-refractivity contribution in [3.63, 3.8) is 0 Å². The first-order chi connectivity index (χ1) is 8.60. The smallest absolute Gasteiger partial charge is 0.248 e. The number of hydrogen-bond donors (Lipinski definition) is 1. The molecule has 2 aromatic rings. The number of nitrogens with two attached hydrogens (primary N) is 1. The zero-order chi connectivity index (χ0) is 13.1. The van der Waals surface area contributed by atoms with Crippen molar-refractivity contribution in [3.8, 4) is 11.1 Å². The molecular weight excluding hydrogens is 250 g/mol. The maximum absolute atomic E-state index is 11.2. The van der Waals surface area contributed by atoms with Gasteiger partial charge in [0.1, 0.15) is 6.29 Å². The molecule has 18 heavy (non-hydrogen) atoms. The van der Waals surface area contributed by atoms with E-state index in [4.69, 9.17) is 17.3 Å². The van der Waals surface area contributed by atoms with Crippen LogP contribution in [0.25, 0.3) is 11.1 Å². The Bertz CT molecular complexity index is 606. The van der Waals surface area contributed by atoms with E-state index in [9.17, 15) is 9.59 Å². The fourth-order valence-electron chi connectivity index (χ4n) is 1.65. The van der Waals surface area contributed by atoms with Crippen LogP contribution < -0.4 is 5.73 Å². The molecular formula is C14H10ClNO2. The summed E-state index contributed by atoms with van der Waals surface area (Å²) in [7, 11) is 0. The first-order valence-corrected chi connectivity index (χ1v) is 5.64. The summed E-state index contributed by atoms with van der Waals surface area (Å²) in [4.78, 5) is 21.7. The molecule has 0 bridgehead atoms. The normalized spacial score (nSPS) is 10.1. The van der Waals surface area contributed by atoms with E-state index < -0.39 is 5.91 Å². The lowest BCUT2D eigenvalue weighted by Gasteiger charge is -2.05. The van der Waals surface area contributed by atoms with Gasteiger partial charge in [0, 0.05) is 16.1 Å². The van der Waals surface area contributed by atoms with Gasteiger partial charge in [-0.25, -0.2) is 0 Å². The number of carbonyl (C=O) groups excluding carboxylic acids is 2. The maximum Gasteiger partial charge on any atom is 0.248 e. The Balaban J connectivity index is 2.49. The molecule has 2 aromatic carbocycles. The number of carbonyl (C=O) groups is 2. The van der Waals surface area contributed by atoms with Crippen molar-refractivity contribution < 1.29 is 9.59 Å². The van der Waals surface area contributed by atoms with Gasteiger partial charge in [0.2, 0.25) is 5.91 Å². The Kier molecular flexibility index (Phi) is 3.44. The summed E-state index contributed by atoms with van der Waals surface area (Å²) in [5.41, 5.74) is 7.84. The zero-order valence-corrected chi connectivity index (χ0v) is 10.1. The van der Waals surface area contributed by atoms with Crippen LogP contribution in [0, 0.1) is 0 Å². The van der Waals surface area contributed by atoms with Gasteiger partial charge in [-0.05, 0) is 29.3 Å². The molecule has 2 rings (SSSR count). The average Bonchev–Trinajstić information content (AvgIpc) is 2.38. The van der Waals surface area contributed by atoms with Crippen LogP contribution in [0.4, 0.5) is 0 Å². The molecule has 4 heteroatoms. The largest absolute Gasteiger partial charge is 0.366 e. The molecule has 0 unspecified atom stereocenters. The number of amides is 1. The molecule has 0 aliphatic carbocycles. The van der Waals surface area contributed by atoms with Crippen LogP contribution in [0.3, 0.4) is 0 Å². The molecule has 0 saturated heterocycles. The highest BCUT2D eigenvalue weighted by molar-refractivity contribution is 6.31. The van der Waals surface area contributed by atoms with E-state index in [1.165, 1.54) is 6.07 Å². The van der Waals surface area contributed by atoms with E-state index in [1.807, 2.05) is 0 Å².